The van der Waals surface area contributed by atoms with Gasteiger partial charge in [-0.25, -0.2) is 0 Å². The van der Waals surface area contributed by atoms with Gasteiger partial charge in [0, 0.05) is 30.2 Å². The molecule has 9 aromatic rings. The van der Waals surface area contributed by atoms with E-state index in [1.54, 1.807) is 57.2 Å². The summed E-state index contributed by atoms with van der Waals surface area (Å²) in [5.41, 5.74) is 2.84. The number of hydrogen-bond donors (Lipinski definition) is 0. The molecule has 0 amide bonds. The van der Waals surface area contributed by atoms with Crippen molar-refractivity contribution in [1.29, 1.82) is 0 Å². The summed E-state index contributed by atoms with van der Waals surface area (Å²) >= 11 is 0. The topological polar surface area (TPSA) is 0 Å². The molecule has 810 valence electrons. The highest BCUT2D eigenvalue weighted by Gasteiger charge is 2.53. The van der Waals surface area contributed by atoms with Gasteiger partial charge in [0.2, 0.25) is 0 Å². The lowest BCUT2D eigenvalue weighted by Gasteiger charge is -2.39. The van der Waals surface area contributed by atoms with Gasteiger partial charge in [-0.15, -0.1) is 0 Å². The molecule has 144 heavy (non-hydrogen) atoms. The Balaban J connectivity index is 0.000000955. The van der Waals surface area contributed by atoms with Crippen LogP contribution in [0.25, 0.3) is 11.1 Å². The van der Waals surface area contributed by atoms with Crippen LogP contribution in [0.1, 0.15) is 507 Å². The molecule has 0 bridgehead atoms. The molecule has 0 heterocycles. The highest BCUT2D eigenvalue weighted by molar-refractivity contribution is 5.68. The molecule has 3 atom stereocenters. The van der Waals surface area contributed by atoms with E-state index in [1.807, 2.05) is 210 Å². The summed E-state index contributed by atoms with van der Waals surface area (Å²) < 4.78 is 303. The van der Waals surface area contributed by atoms with E-state index in [1.165, 1.54) is 47.0 Å². The van der Waals surface area contributed by atoms with Crippen LogP contribution in [-0.4, -0.2) is 18.5 Å². The molecule has 0 aliphatic carbocycles. The Morgan fingerprint density at radius 2 is 0.528 bits per heavy atom. The largest absolute Gasteiger partial charge is 0.394 e. The third kappa shape index (κ3) is 42.8. The van der Waals surface area contributed by atoms with E-state index < -0.39 is 137 Å². The average molecular weight is 2020 g/mol. The monoisotopic (exact) mass is 2020 g/mol. The van der Waals surface area contributed by atoms with Crippen molar-refractivity contribution < 1.29 is 69.7 Å². The van der Waals surface area contributed by atoms with Gasteiger partial charge >= 0.3 is 18.5 Å². The van der Waals surface area contributed by atoms with Gasteiger partial charge in [-0.1, -0.05) is 560 Å². The molecule has 0 spiro atoms. The minimum Gasteiger partial charge on any atom is -0.171 e. The first-order chi connectivity index (χ1) is 72.6. The molecule has 9 rings (SSSR count). The van der Waals surface area contributed by atoms with E-state index in [9.17, 15) is 39.5 Å². The van der Waals surface area contributed by atoms with Gasteiger partial charge in [0.05, 0.1) is 16.2 Å². The first-order valence-electron chi connectivity index (χ1n) is 61.8. The molecule has 9 heteroatoms. The average Bonchev–Trinajstić information content (AvgIpc) is 0.711. The lowest BCUT2D eigenvalue weighted by molar-refractivity contribution is -0.218. The normalized spacial score (nSPS) is 17.4. The van der Waals surface area contributed by atoms with Crippen LogP contribution in [-0.2, 0) is 81.6 Å². The Bertz CT molecular complexity index is 6230. The maximum atomic E-state index is 13.8. The Labute approximate surface area is 910 Å². The first kappa shape index (κ1) is 99.6. The summed E-state index contributed by atoms with van der Waals surface area (Å²) in [5, 5.41) is 0. The van der Waals surface area contributed by atoms with Gasteiger partial charge in [-0.05, 0) is 250 Å². The van der Waals surface area contributed by atoms with Crippen molar-refractivity contribution in [3.8, 4) is 11.1 Å². The fourth-order valence-electron chi connectivity index (χ4n) is 16.0. The van der Waals surface area contributed by atoms with E-state index in [0.29, 0.717) is 11.1 Å². The Morgan fingerprint density at radius 1 is 0.257 bits per heavy atom. The van der Waals surface area contributed by atoms with Gasteiger partial charge in [0.1, 0.15) is 0 Å². The molecule has 0 radical (unpaired) electrons. The summed E-state index contributed by atoms with van der Waals surface area (Å²) in [6.45, 7) is 82.0. The van der Waals surface area contributed by atoms with Gasteiger partial charge in [0.25, 0.3) is 0 Å². The van der Waals surface area contributed by atoms with Crippen molar-refractivity contribution in [3.05, 3.63) is 306 Å². The molecular formula is C135H207F9. The molecule has 0 aliphatic rings. The Kier molecular flexibility index (Phi) is 36.4. The third-order valence-electron chi connectivity index (χ3n) is 24.6. The number of halogens is 9. The molecule has 3 unspecified atom stereocenters. The second-order valence-electron chi connectivity index (χ2n) is 52.0. The standard InChI is InChI=1S/C21H30F6.C21H36.C19H32.C16H18.C15H21F3.C15H24.C14H22.C13H20.CH4/c1-13(19(7,8)21(25,26)27)15-11-9-10-14(16(15)17(2,3)4)12-18(5,6)20(22,23)24;1-15(20(5,6)7)17-13-11-12-16(14-19(2,3)4)18(17)21(8,9)10;1-13(2)12-16-10-9-11-17(15(5)14(3)4)18(16)19(6,7)8;1-16(2,3)15-12-8-7-11-14(15)13-9-5-4-6-10-13;1-13(2,3)12-9-7-6-8-11(12)10-14(4,5)15(16,17)18;1-14(2,3)11-12-9-7-8-10-13(12)15(4,5)6;1-11(2)10-12-8-6-7-9-13(12)14(3,4)5;1-10(2)11-8-6-7-9-12(11)13(3,4)5;/h9-11,13H,12H2,1-8H3;11-13,15H,14H2,1-10H3;9-11,13-15H,12H2,1-8H3;4-12H,1-3H3;6-9H,10H2,1-5H3;7-10H,11H2,1-6H3;6-9,11H,10H2,1-5H3;6-10H,1-5H3;1H4/i12D2,13D;14D2,15D;12D2,15D;;10D2;11D2;10D2;1D3,2D3,10D;. The highest BCUT2D eigenvalue weighted by Crippen LogP contribution is 2.53. The predicted octanol–water partition coefficient (Wildman–Crippen LogP) is 43.7. The van der Waals surface area contributed by atoms with E-state index in [2.05, 4.69) is 193 Å². The maximum Gasteiger partial charge on any atom is 0.394 e. The maximum absolute atomic E-state index is 13.8. The van der Waals surface area contributed by atoms with Crippen LogP contribution in [0.5, 0.6) is 0 Å². The van der Waals surface area contributed by atoms with Crippen LogP contribution in [0.15, 0.2) is 206 Å². The number of benzene rings is 9. The zero-order valence-corrected chi connectivity index (χ0v) is 97.3. The van der Waals surface area contributed by atoms with Crippen molar-refractivity contribution in [1.82, 2.24) is 0 Å². The molecule has 0 fully saturated rings. The summed E-state index contributed by atoms with van der Waals surface area (Å²) in [5.74, 6) is -6.43. The molecule has 0 nitrogen and oxygen atoms in total. The highest BCUT2D eigenvalue weighted by atomic mass is 19.4. The van der Waals surface area contributed by atoms with Gasteiger partial charge in [-0.2, -0.15) is 39.5 Å². The van der Waals surface area contributed by atoms with Gasteiger partial charge in [-0.3, -0.25) is 0 Å². The Hall–Kier alpha value is -7.65. The SMILES string of the molecule is C.CC(C)(C)c1ccccc1-c1ccccc1.[2H]C([2H])([2H])C([2H])(c1ccccc1C(C)(C)C)C([2H])([2H])[2H].[2H]C([2H])(c1cccc(C([2H])(C)C(C)(C)C(F)(F)F)c1C(C)(C)C)C(C)(C)C(F)(F)F.[2H]C([2H])(c1cccc(C([2H])(C)C(C)(C)C)c1C(C)(C)C)C(C)(C)C.[2H]C([2H])(c1cccc(C([2H])(C)C(C)C)c1C(C)(C)C)C(C)C.[2H]C([2H])(c1ccccc1C(C)(C)C)C(C)(C)C.[2H]C([2H])(c1ccccc1C(C)(C)C)C(C)(C)C(F)(F)F.[2H]C([2H])(c1ccccc1C(C)(C)C)C(C)C. The molecular weight excluding hydrogens is 1790 g/mol. The van der Waals surface area contributed by atoms with Crippen molar-refractivity contribution in [2.24, 2.45) is 50.2 Å². The van der Waals surface area contributed by atoms with Crippen LogP contribution >= 0.6 is 0 Å². The van der Waals surface area contributed by atoms with E-state index >= 15 is 0 Å². The van der Waals surface area contributed by atoms with E-state index in [0.717, 1.165) is 104 Å². The molecule has 9 aromatic carbocycles. The predicted molar refractivity (Wildman–Crippen MR) is 617 cm³/mol. The lowest BCUT2D eigenvalue weighted by atomic mass is 9.68. The first-order valence-corrected chi connectivity index (χ1v) is 50.8. The Morgan fingerprint density at radius 3 is 0.868 bits per heavy atom. The molecule has 0 saturated heterocycles. The van der Waals surface area contributed by atoms with Crippen molar-refractivity contribution in [2.75, 3.05) is 0 Å². The molecule has 0 N–H and O–H groups in total. The van der Waals surface area contributed by atoms with Crippen LogP contribution in [0.3, 0.4) is 0 Å². The number of rotatable bonds is 17. The second kappa shape index (κ2) is 52.7. The molecule has 0 aromatic heterocycles. The lowest BCUT2D eigenvalue weighted by Crippen LogP contribution is -2.38. The van der Waals surface area contributed by atoms with Gasteiger partial charge in [0.15, 0.2) is 0 Å². The number of hydrogen-bond acceptors (Lipinski definition) is 0. The van der Waals surface area contributed by atoms with Crippen LogP contribution in [0.4, 0.5) is 39.5 Å². The number of alkyl halides is 9. The molecule has 0 saturated carbocycles. The fourth-order valence-corrected chi connectivity index (χ4v) is 16.0. The minimum absolute atomic E-state index is 0. The smallest absolute Gasteiger partial charge is 0.171 e. The fraction of sp³-hybridized carbons (Fsp3) is 0.600. The summed E-state index contributed by atoms with van der Waals surface area (Å²) in [6, 6.07) is 63.2. The molecule has 0 aliphatic heterocycles. The van der Waals surface area contributed by atoms with E-state index in [4.69, 9.17) is 30.2 Å². The van der Waals surface area contributed by atoms with Crippen LogP contribution < -0.4 is 0 Å². The zero-order valence-electron chi connectivity index (χ0n) is 119. The van der Waals surface area contributed by atoms with Crippen molar-refractivity contribution in [2.45, 2.75) is 477 Å². The van der Waals surface area contributed by atoms with E-state index in [-0.39, 0.29) is 85.5 Å². The van der Waals surface area contributed by atoms with Crippen LogP contribution in [0, 0.1) is 50.2 Å². The quantitative estimate of drug-likeness (QED) is 0.0797. The summed E-state index contributed by atoms with van der Waals surface area (Å²) in [6.07, 6.45) is -25.2. The van der Waals surface area contributed by atoms with Gasteiger partial charge < -0.3 is 0 Å². The summed E-state index contributed by atoms with van der Waals surface area (Å²) in [4.78, 5) is 0. The third-order valence-corrected chi connectivity index (χ3v) is 24.6. The van der Waals surface area contributed by atoms with Crippen molar-refractivity contribution in [3.63, 3.8) is 0 Å². The summed E-state index contributed by atoms with van der Waals surface area (Å²) in [7, 11) is 0. The van der Waals surface area contributed by atoms with Crippen molar-refractivity contribution >= 4 is 0 Å². The zero-order chi connectivity index (χ0) is 131. The van der Waals surface area contributed by atoms with Crippen LogP contribution in [0.2, 0.25) is 0 Å². The second-order valence-corrected chi connectivity index (χ2v) is 52.0. The minimum atomic E-state index is -4.91.